The quantitative estimate of drug-likeness (QED) is 0.790. The Kier molecular flexibility index (Phi) is 2.59. The Balaban J connectivity index is 2.23. The number of benzene rings is 2. The lowest BCUT2D eigenvalue weighted by atomic mass is 10.1. The van der Waals surface area contributed by atoms with Crippen LogP contribution in [-0.2, 0) is 11.2 Å². The lowest BCUT2D eigenvalue weighted by Crippen LogP contribution is -2.24. The molecular formula is C14H9BrNO2-. The number of hydrogen-bond acceptors (Lipinski definition) is 2. The van der Waals surface area contributed by atoms with Crippen molar-refractivity contribution in [1.82, 2.24) is 4.98 Å². The van der Waals surface area contributed by atoms with E-state index >= 15 is 0 Å². The number of aliphatic carboxylic acids is 1. The van der Waals surface area contributed by atoms with Crippen LogP contribution in [0.3, 0.4) is 0 Å². The summed E-state index contributed by atoms with van der Waals surface area (Å²) in [5.74, 6) is -1.06. The van der Waals surface area contributed by atoms with E-state index in [1.807, 2.05) is 36.4 Å². The first-order chi connectivity index (χ1) is 8.63. The highest BCUT2D eigenvalue weighted by Crippen LogP contribution is 2.28. The highest BCUT2D eigenvalue weighted by atomic mass is 79.9. The van der Waals surface area contributed by atoms with Gasteiger partial charge in [-0.3, -0.25) is 0 Å². The molecule has 0 saturated heterocycles. The molecule has 0 aliphatic rings. The first kappa shape index (κ1) is 11.3. The molecule has 4 heteroatoms. The smallest absolute Gasteiger partial charge is 0.0467 e. The van der Waals surface area contributed by atoms with Gasteiger partial charge in [-0.2, -0.15) is 0 Å². The van der Waals surface area contributed by atoms with Crippen molar-refractivity contribution in [2.24, 2.45) is 0 Å². The third kappa shape index (κ3) is 1.88. The Labute approximate surface area is 112 Å². The van der Waals surface area contributed by atoms with Crippen molar-refractivity contribution in [3.05, 3.63) is 46.4 Å². The minimum Gasteiger partial charge on any atom is -0.550 e. The SMILES string of the molecule is O=C([O-])Cc1ccc2c(c1)[nH]c1ccc(Br)cc12. The van der Waals surface area contributed by atoms with E-state index < -0.39 is 5.97 Å². The number of hydrogen-bond donors (Lipinski definition) is 1. The summed E-state index contributed by atoms with van der Waals surface area (Å²) in [6, 6.07) is 11.6. The second-order valence-corrected chi connectivity index (χ2v) is 5.16. The van der Waals surface area contributed by atoms with Crippen LogP contribution in [0, 0.1) is 0 Å². The summed E-state index contributed by atoms with van der Waals surface area (Å²) in [4.78, 5) is 13.9. The molecule has 1 aromatic heterocycles. The largest absolute Gasteiger partial charge is 0.550 e. The molecule has 0 amide bonds. The molecule has 3 rings (SSSR count). The number of halogens is 1. The molecule has 18 heavy (non-hydrogen) atoms. The number of H-pyrrole nitrogens is 1. The van der Waals surface area contributed by atoms with Crippen LogP contribution in [0.4, 0.5) is 0 Å². The minimum atomic E-state index is -1.06. The van der Waals surface area contributed by atoms with Gasteiger partial charge in [-0.1, -0.05) is 28.1 Å². The number of carbonyl (C=O) groups excluding carboxylic acids is 1. The molecule has 1 N–H and O–H groups in total. The first-order valence-corrected chi connectivity index (χ1v) is 6.32. The molecule has 0 aliphatic heterocycles. The van der Waals surface area contributed by atoms with E-state index in [2.05, 4.69) is 20.9 Å². The molecule has 0 fully saturated rings. The Hall–Kier alpha value is -1.81. The van der Waals surface area contributed by atoms with Crippen molar-refractivity contribution in [3.8, 4) is 0 Å². The molecule has 0 saturated carbocycles. The Morgan fingerprint density at radius 3 is 2.72 bits per heavy atom. The van der Waals surface area contributed by atoms with Crippen LogP contribution >= 0.6 is 15.9 Å². The van der Waals surface area contributed by atoms with Crippen molar-refractivity contribution in [1.29, 1.82) is 0 Å². The van der Waals surface area contributed by atoms with Gasteiger partial charge >= 0.3 is 0 Å². The lowest BCUT2D eigenvalue weighted by Gasteiger charge is -2.02. The molecule has 3 nitrogen and oxygen atoms in total. The Morgan fingerprint density at radius 2 is 1.94 bits per heavy atom. The normalized spacial score (nSPS) is 11.2. The molecule has 2 aromatic carbocycles. The highest BCUT2D eigenvalue weighted by Gasteiger charge is 2.05. The van der Waals surface area contributed by atoms with E-state index in [0.29, 0.717) is 0 Å². The predicted octanol–water partition coefficient (Wildman–Crippen LogP) is 2.38. The van der Waals surface area contributed by atoms with Crippen LogP contribution in [0.15, 0.2) is 40.9 Å². The zero-order valence-corrected chi connectivity index (χ0v) is 11.0. The summed E-state index contributed by atoms with van der Waals surface area (Å²) < 4.78 is 1.02. The summed E-state index contributed by atoms with van der Waals surface area (Å²) in [6.07, 6.45) is -0.0605. The number of carbonyl (C=O) groups is 1. The van der Waals surface area contributed by atoms with Crippen LogP contribution in [0.2, 0.25) is 0 Å². The molecule has 0 radical (unpaired) electrons. The standard InChI is InChI=1S/C14H10BrNO2/c15-9-2-4-12-11(7-9)10-3-1-8(6-14(17)18)5-13(10)16-12/h1-5,7,16H,6H2,(H,17,18)/p-1. The minimum absolute atomic E-state index is 0.0605. The fourth-order valence-corrected chi connectivity index (χ4v) is 2.56. The molecule has 90 valence electrons. The van der Waals surface area contributed by atoms with Gasteiger partial charge < -0.3 is 14.9 Å². The van der Waals surface area contributed by atoms with Crippen LogP contribution in [-0.4, -0.2) is 11.0 Å². The third-order valence-electron chi connectivity index (χ3n) is 2.97. The van der Waals surface area contributed by atoms with Gasteiger partial charge in [-0.25, -0.2) is 0 Å². The summed E-state index contributed by atoms with van der Waals surface area (Å²) in [7, 11) is 0. The maximum absolute atomic E-state index is 10.6. The number of carboxylic acid groups (broad SMARTS) is 1. The van der Waals surface area contributed by atoms with Gasteiger partial charge in [0.05, 0.1) is 0 Å². The molecule has 0 aliphatic carbocycles. The summed E-state index contributed by atoms with van der Waals surface area (Å²) in [5, 5.41) is 12.8. The summed E-state index contributed by atoms with van der Waals surface area (Å²) in [6.45, 7) is 0. The van der Waals surface area contributed by atoms with Crippen molar-refractivity contribution in [2.75, 3.05) is 0 Å². The van der Waals surface area contributed by atoms with E-state index in [-0.39, 0.29) is 6.42 Å². The monoisotopic (exact) mass is 302 g/mol. The number of aromatic nitrogens is 1. The van der Waals surface area contributed by atoms with Crippen LogP contribution in [0.1, 0.15) is 5.56 Å². The average molecular weight is 303 g/mol. The van der Waals surface area contributed by atoms with Gasteiger partial charge in [-0.05, 0) is 29.8 Å². The molecule has 0 atom stereocenters. The molecule has 0 unspecified atom stereocenters. The predicted molar refractivity (Wildman–Crippen MR) is 72.2 cm³/mol. The van der Waals surface area contributed by atoms with Crippen LogP contribution in [0.5, 0.6) is 0 Å². The van der Waals surface area contributed by atoms with Gasteiger partial charge in [0.2, 0.25) is 0 Å². The zero-order chi connectivity index (χ0) is 12.7. The van der Waals surface area contributed by atoms with Crippen molar-refractivity contribution in [3.63, 3.8) is 0 Å². The number of rotatable bonds is 2. The van der Waals surface area contributed by atoms with Crippen molar-refractivity contribution < 1.29 is 9.90 Å². The zero-order valence-electron chi connectivity index (χ0n) is 9.37. The maximum Gasteiger partial charge on any atom is 0.0467 e. The van der Waals surface area contributed by atoms with Gasteiger partial charge in [0.1, 0.15) is 0 Å². The highest BCUT2D eigenvalue weighted by molar-refractivity contribution is 9.10. The number of fused-ring (bicyclic) bond motifs is 3. The number of carboxylic acids is 1. The van der Waals surface area contributed by atoms with Gasteiger partial charge in [0.25, 0.3) is 0 Å². The van der Waals surface area contributed by atoms with Crippen LogP contribution in [0.25, 0.3) is 21.8 Å². The van der Waals surface area contributed by atoms with Gasteiger partial charge in [-0.15, -0.1) is 0 Å². The molecule has 3 aromatic rings. The molecule has 0 bridgehead atoms. The van der Waals surface area contributed by atoms with E-state index in [1.165, 1.54) is 0 Å². The number of aromatic amines is 1. The summed E-state index contributed by atoms with van der Waals surface area (Å²) in [5.41, 5.74) is 2.73. The van der Waals surface area contributed by atoms with Gasteiger partial charge in [0, 0.05) is 38.7 Å². The average Bonchev–Trinajstić information content (AvgIpc) is 2.65. The third-order valence-corrected chi connectivity index (χ3v) is 3.47. The van der Waals surface area contributed by atoms with E-state index in [9.17, 15) is 9.90 Å². The maximum atomic E-state index is 10.6. The lowest BCUT2D eigenvalue weighted by molar-refractivity contribution is -0.304. The Bertz CT molecular complexity index is 761. The van der Waals surface area contributed by atoms with Gasteiger partial charge in [0.15, 0.2) is 0 Å². The van der Waals surface area contributed by atoms with E-state index in [1.54, 1.807) is 0 Å². The van der Waals surface area contributed by atoms with Crippen molar-refractivity contribution >= 4 is 43.7 Å². The first-order valence-electron chi connectivity index (χ1n) is 5.53. The molecule has 0 spiro atoms. The van der Waals surface area contributed by atoms with Crippen LogP contribution < -0.4 is 5.11 Å². The fourth-order valence-electron chi connectivity index (χ4n) is 2.20. The summed E-state index contributed by atoms with van der Waals surface area (Å²) >= 11 is 3.45. The second-order valence-electron chi connectivity index (χ2n) is 4.24. The topological polar surface area (TPSA) is 55.9 Å². The number of nitrogens with one attached hydrogen (secondary N) is 1. The fraction of sp³-hybridized carbons (Fsp3) is 0.0714. The second kappa shape index (κ2) is 4.14. The Morgan fingerprint density at radius 1 is 1.11 bits per heavy atom. The van der Waals surface area contributed by atoms with E-state index in [0.717, 1.165) is 31.8 Å². The molecule has 1 heterocycles. The molecular weight excluding hydrogens is 294 g/mol. The van der Waals surface area contributed by atoms with E-state index in [4.69, 9.17) is 0 Å². The van der Waals surface area contributed by atoms with Crippen molar-refractivity contribution in [2.45, 2.75) is 6.42 Å².